The number of carbonyl (C=O) groups excluding carboxylic acids is 2. The molecule has 0 aliphatic carbocycles. The Hall–Kier alpha value is -3.61. The van der Waals surface area contributed by atoms with Crippen molar-refractivity contribution in [3.8, 4) is 5.75 Å². The van der Waals surface area contributed by atoms with Crippen molar-refractivity contribution in [3.63, 3.8) is 0 Å². The van der Waals surface area contributed by atoms with Crippen LogP contribution in [0.5, 0.6) is 5.75 Å². The average Bonchev–Trinajstić information content (AvgIpc) is 3.49. The number of aromatic nitrogens is 2. The van der Waals surface area contributed by atoms with Gasteiger partial charge in [0.1, 0.15) is 5.75 Å². The first kappa shape index (κ1) is 21.6. The summed E-state index contributed by atoms with van der Waals surface area (Å²) in [4.78, 5) is 27.0. The molecule has 166 valence electrons. The molecule has 2 heterocycles. The van der Waals surface area contributed by atoms with E-state index in [0.717, 1.165) is 37.2 Å². The van der Waals surface area contributed by atoms with Gasteiger partial charge in [-0.1, -0.05) is 43.3 Å². The van der Waals surface area contributed by atoms with Gasteiger partial charge in [-0.3, -0.25) is 14.3 Å². The quantitative estimate of drug-likeness (QED) is 0.588. The van der Waals surface area contributed by atoms with E-state index in [4.69, 9.17) is 4.74 Å². The number of hydrogen-bond donors (Lipinski definition) is 1. The zero-order valence-corrected chi connectivity index (χ0v) is 18.3. The number of amides is 2. The summed E-state index contributed by atoms with van der Waals surface area (Å²) in [5, 5.41) is 7.36. The molecule has 2 aromatic carbocycles. The van der Waals surface area contributed by atoms with Crippen LogP contribution in [0, 0.1) is 0 Å². The molecule has 1 aromatic heterocycles. The lowest BCUT2D eigenvalue weighted by atomic mass is 10.1. The van der Waals surface area contributed by atoms with Gasteiger partial charge in [-0.15, -0.1) is 0 Å². The van der Waals surface area contributed by atoms with E-state index < -0.39 is 0 Å². The Balaban J connectivity index is 1.40. The normalized spacial score (nSPS) is 13.2. The van der Waals surface area contributed by atoms with Crippen molar-refractivity contribution in [3.05, 3.63) is 77.6 Å². The molecule has 3 aromatic rings. The number of nitrogens with zero attached hydrogens (tertiary/aromatic N) is 3. The number of carbonyl (C=O) groups is 2. The maximum absolute atomic E-state index is 12.9. The minimum atomic E-state index is -0.216. The molecular weight excluding hydrogens is 404 g/mol. The van der Waals surface area contributed by atoms with Crippen LogP contribution in [-0.2, 0) is 17.8 Å². The molecule has 1 fully saturated rings. The van der Waals surface area contributed by atoms with Gasteiger partial charge in [-0.05, 0) is 37.0 Å². The van der Waals surface area contributed by atoms with Crippen LogP contribution < -0.4 is 10.1 Å². The van der Waals surface area contributed by atoms with Gasteiger partial charge in [0.2, 0.25) is 0 Å². The average molecular weight is 433 g/mol. The third kappa shape index (κ3) is 5.17. The summed E-state index contributed by atoms with van der Waals surface area (Å²) in [5.74, 6) is 0.327. The zero-order valence-electron chi connectivity index (χ0n) is 18.3. The number of likely N-dealkylation sites (tertiary alicyclic amines) is 1. The first-order valence-corrected chi connectivity index (χ1v) is 11.0. The van der Waals surface area contributed by atoms with E-state index in [9.17, 15) is 9.59 Å². The number of ether oxygens (including phenoxy) is 1. The van der Waals surface area contributed by atoms with Crippen molar-refractivity contribution in [2.75, 3.05) is 25.0 Å². The van der Waals surface area contributed by atoms with Crippen molar-refractivity contribution in [1.29, 1.82) is 0 Å². The second kappa shape index (κ2) is 10.1. The molecule has 1 aliphatic rings. The van der Waals surface area contributed by atoms with Crippen LogP contribution in [0.2, 0.25) is 0 Å². The fourth-order valence-electron chi connectivity index (χ4n) is 3.93. The van der Waals surface area contributed by atoms with Crippen molar-refractivity contribution in [2.45, 2.75) is 32.7 Å². The third-order valence-corrected chi connectivity index (χ3v) is 5.62. The summed E-state index contributed by atoms with van der Waals surface area (Å²) in [6.45, 7) is 4.24. The lowest BCUT2D eigenvalue weighted by Gasteiger charge is -2.15. The highest BCUT2D eigenvalue weighted by molar-refractivity contribution is 6.05. The molecule has 32 heavy (non-hydrogen) atoms. The molecule has 1 saturated heterocycles. The van der Waals surface area contributed by atoms with Crippen LogP contribution in [0.3, 0.4) is 0 Å². The summed E-state index contributed by atoms with van der Waals surface area (Å²) in [6, 6.07) is 17.2. The van der Waals surface area contributed by atoms with Gasteiger partial charge in [0, 0.05) is 24.8 Å². The highest BCUT2D eigenvalue weighted by Crippen LogP contribution is 2.20. The smallest absolute Gasteiger partial charge is 0.260 e. The second-order valence-electron chi connectivity index (χ2n) is 7.86. The van der Waals surface area contributed by atoms with E-state index in [-0.39, 0.29) is 18.4 Å². The lowest BCUT2D eigenvalue weighted by Crippen LogP contribution is -2.32. The molecule has 0 atom stereocenters. The van der Waals surface area contributed by atoms with E-state index in [1.807, 2.05) is 46.8 Å². The Bertz CT molecular complexity index is 1070. The molecule has 0 spiro atoms. The van der Waals surface area contributed by atoms with Gasteiger partial charge in [0.05, 0.1) is 24.0 Å². The van der Waals surface area contributed by atoms with Crippen LogP contribution in [-0.4, -0.2) is 46.2 Å². The Kier molecular flexibility index (Phi) is 6.84. The maximum atomic E-state index is 12.9. The van der Waals surface area contributed by atoms with Crippen LogP contribution in [0.15, 0.2) is 60.8 Å². The van der Waals surface area contributed by atoms with Gasteiger partial charge in [-0.2, -0.15) is 5.10 Å². The fraction of sp³-hybridized carbons (Fsp3) is 0.320. The summed E-state index contributed by atoms with van der Waals surface area (Å²) < 4.78 is 7.53. The zero-order chi connectivity index (χ0) is 22.3. The van der Waals surface area contributed by atoms with E-state index in [0.29, 0.717) is 30.0 Å². The number of hydrogen-bond acceptors (Lipinski definition) is 4. The molecule has 0 radical (unpaired) electrons. The summed E-state index contributed by atoms with van der Waals surface area (Å²) in [7, 11) is 0. The Morgan fingerprint density at radius 2 is 1.84 bits per heavy atom. The van der Waals surface area contributed by atoms with Gasteiger partial charge >= 0.3 is 0 Å². The van der Waals surface area contributed by atoms with Crippen LogP contribution in [0.1, 0.15) is 41.4 Å². The second-order valence-corrected chi connectivity index (χ2v) is 7.86. The fourth-order valence-corrected chi connectivity index (χ4v) is 3.93. The lowest BCUT2D eigenvalue weighted by molar-refractivity contribution is -0.132. The molecule has 1 aliphatic heterocycles. The highest BCUT2D eigenvalue weighted by atomic mass is 16.5. The molecule has 2 amide bonds. The molecule has 0 bridgehead atoms. The predicted molar refractivity (Wildman–Crippen MR) is 123 cm³/mol. The first-order chi connectivity index (χ1) is 15.6. The molecule has 7 nitrogen and oxygen atoms in total. The molecule has 4 rings (SSSR count). The molecule has 0 unspecified atom stereocenters. The Labute approximate surface area is 188 Å². The van der Waals surface area contributed by atoms with Crippen molar-refractivity contribution in [2.24, 2.45) is 0 Å². The van der Waals surface area contributed by atoms with Crippen LogP contribution >= 0.6 is 0 Å². The van der Waals surface area contributed by atoms with Crippen LogP contribution in [0.4, 0.5) is 5.69 Å². The predicted octanol–water partition coefficient (Wildman–Crippen LogP) is 3.75. The topological polar surface area (TPSA) is 76.5 Å². The van der Waals surface area contributed by atoms with Gasteiger partial charge in [0.15, 0.2) is 6.61 Å². The Morgan fingerprint density at radius 3 is 2.59 bits per heavy atom. The monoisotopic (exact) mass is 432 g/mol. The van der Waals surface area contributed by atoms with Gasteiger partial charge < -0.3 is 15.0 Å². The number of anilines is 1. The highest BCUT2D eigenvalue weighted by Gasteiger charge is 2.19. The van der Waals surface area contributed by atoms with Crippen molar-refractivity contribution < 1.29 is 14.3 Å². The van der Waals surface area contributed by atoms with Crippen LogP contribution in [0.25, 0.3) is 0 Å². The van der Waals surface area contributed by atoms with Crippen molar-refractivity contribution in [1.82, 2.24) is 14.7 Å². The molecule has 7 heteroatoms. The summed E-state index contributed by atoms with van der Waals surface area (Å²) in [6.07, 6.45) is 4.41. The van der Waals surface area contributed by atoms with Gasteiger partial charge in [0.25, 0.3) is 11.8 Å². The van der Waals surface area contributed by atoms with E-state index in [1.54, 1.807) is 30.5 Å². The molecule has 0 saturated carbocycles. The Morgan fingerprint density at radius 1 is 1.06 bits per heavy atom. The summed E-state index contributed by atoms with van der Waals surface area (Å²) >= 11 is 0. The van der Waals surface area contributed by atoms with E-state index in [2.05, 4.69) is 10.4 Å². The van der Waals surface area contributed by atoms with E-state index in [1.165, 1.54) is 0 Å². The SMILES string of the molecule is CCc1c(C(=O)Nc2cccc(OCC(=O)N3CCCC3)c2)cnn1Cc1ccccc1. The molecular formula is C25H28N4O3. The number of rotatable bonds is 8. The standard InChI is InChI=1S/C25H28N4O3/c1-2-23-22(16-26-29(23)17-19-9-4-3-5-10-19)25(31)27-20-11-8-12-21(15-20)32-18-24(30)28-13-6-7-14-28/h3-5,8-12,15-16H,2,6-7,13-14,17-18H2,1H3,(H,27,31). The molecule has 1 N–H and O–H groups in total. The largest absolute Gasteiger partial charge is 0.484 e. The third-order valence-electron chi connectivity index (χ3n) is 5.62. The first-order valence-electron chi connectivity index (χ1n) is 11.0. The minimum absolute atomic E-state index is 0.00361. The number of nitrogens with one attached hydrogen (secondary N) is 1. The maximum Gasteiger partial charge on any atom is 0.260 e. The minimum Gasteiger partial charge on any atom is -0.484 e. The van der Waals surface area contributed by atoms with Gasteiger partial charge in [-0.25, -0.2) is 0 Å². The number of benzene rings is 2. The summed E-state index contributed by atoms with van der Waals surface area (Å²) in [5.41, 5.74) is 3.18. The van der Waals surface area contributed by atoms with Crippen molar-refractivity contribution >= 4 is 17.5 Å². The van der Waals surface area contributed by atoms with E-state index >= 15 is 0 Å².